The van der Waals surface area contributed by atoms with Crippen molar-refractivity contribution in [2.24, 2.45) is 0 Å². The quantitative estimate of drug-likeness (QED) is 0.692. The van der Waals surface area contributed by atoms with Crippen molar-refractivity contribution in [3.8, 4) is 0 Å². The fourth-order valence-corrected chi connectivity index (χ4v) is 1.15. The van der Waals surface area contributed by atoms with E-state index >= 15 is 0 Å². The van der Waals surface area contributed by atoms with Crippen molar-refractivity contribution in [3.05, 3.63) is 23.1 Å². The van der Waals surface area contributed by atoms with E-state index in [1.54, 1.807) is 26.0 Å². The molecule has 0 saturated carbocycles. The second-order valence-electron chi connectivity index (χ2n) is 3.22. The summed E-state index contributed by atoms with van der Waals surface area (Å²) < 4.78 is 9.77. The van der Waals surface area contributed by atoms with E-state index in [1.807, 2.05) is 0 Å². The number of ether oxygens (including phenoxy) is 1. The smallest absolute Gasteiger partial charge is 0.318 e. The standard InChI is InChI=1S/C9H11ClO3/c1-9(2,8(11)12-3)6-4-5-7(10)13-6/h4-5H,1-3H3. The molecule has 13 heavy (non-hydrogen) atoms. The van der Waals surface area contributed by atoms with Crippen LogP contribution in [0.3, 0.4) is 0 Å². The maximum absolute atomic E-state index is 11.3. The van der Waals surface area contributed by atoms with Crippen LogP contribution in [0.1, 0.15) is 19.6 Å². The molecule has 0 aliphatic rings. The Kier molecular flexibility index (Phi) is 2.66. The molecule has 0 saturated heterocycles. The Balaban J connectivity index is 2.99. The first-order valence-corrected chi connectivity index (χ1v) is 4.20. The lowest BCUT2D eigenvalue weighted by Crippen LogP contribution is -2.29. The number of esters is 1. The van der Waals surface area contributed by atoms with Crippen LogP contribution in [0.25, 0.3) is 0 Å². The molecule has 0 bridgehead atoms. The third kappa shape index (κ3) is 1.86. The number of furan rings is 1. The number of halogens is 1. The summed E-state index contributed by atoms with van der Waals surface area (Å²) in [6.45, 7) is 3.43. The molecule has 4 heteroatoms. The molecule has 1 heterocycles. The predicted molar refractivity (Wildman–Crippen MR) is 48.8 cm³/mol. The van der Waals surface area contributed by atoms with Crippen LogP contribution in [0.15, 0.2) is 16.5 Å². The van der Waals surface area contributed by atoms with Crippen molar-refractivity contribution in [3.63, 3.8) is 0 Å². The molecular weight excluding hydrogens is 192 g/mol. The molecule has 3 nitrogen and oxygen atoms in total. The van der Waals surface area contributed by atoms with Gasteiger partial charge < -0.3 is 9.15 Å². The lowest BCUT2D eigenvalue weighted by atomic mass is 9.91. The fraction of sp³-hybridized carbons (Fsp3) is 0.444. The zero-order valence-corrected chi connectivity index (χ0v) is 8.51. The number of carbonyl (C=O) groups is 1. The van der Waals surface area contributed by atoms with E-state index in [4.69, 9.17) is 16.0 Å². The van der Waals surface area contributed by atoms with Crippen molar-refractivity contribution in [1.82, 2.24) is 0 Å². The molecule has 1 rings (SSSR count). The second-order valence-corrected chi connectivity index (χ2v) is 3.59. The van der Waals surface area contributed by atoms with Crippen LogP contribution < -0.4 is 0 Å². The zero-order valence-electron chi connectivity index (χ0n) is 7.76. The molecule has 1 aromatic heterocycles. The predicted octanol–water partition coefficient (Wildman–Crippen LogP) is 2.38. The highest BCUT2D eigenvalue weighted by molar-refractivity contribution is 6.28. The van der Waals surface area contributed by atoms with Crippen LogP contribution in [-0.4, -0.2) is 13.1 Å². The molecule has 0 spiro atoms. The molecule has 0 radical (unpaired) electrons. The highest BCUT2D eigenvalue weighted by atomic mass is 35.5. The molecule has 0 amide bonds. The van der Waals surface area contributed by atoms with Gasteiger partial charge in [-0.05, 0) is 37.6 Å². The molecule has 0 fully saturated rings. The van der Waals surface area contributed by atoms with Crippen LogP contribution in [0.5, 0.6) is 0 Å². The van der Waals surface area contributed by atoms with Crippen LogP contribution in [-0.2, 0) is 14.9 Å². The summed E-state index contributed by atoms with van der Waals surface area (Å²) in [5.41, 5.74) is -0.790. The number of hydrogen-bond acceptors (Lipinski definition) is 3. The largest absolute Gasteiger partial charge is 0.468 e. The maximum atomic E-state index is 11.3. The first-order valence-electron chi connectivity index (χ1n) is 3.82. The molecule has 72 valence electrons. The van der Waals surface area contributed by atoms with E-state index in [0.29, 0.717) is 5.76 Å². The van der Waals surface area contributed by atoms with Gasteiger partial charge in [0, 0.05) is 0 Å². The number of methoxy groups -OCH3 is 1. The van der Waals surface area contributed by atoms with Crippen molar-refractivity contribution in [2.45, 2.75) is 19.3 Å². The van der Waals surface area contributed by atoms with Crippen LogP contribution in [0.4, 0.5) is 0 Å². The number of carbonyl (C=O) groups excluding carboxylic acids is 1. The lowest BCUT2D eigenvalue weighted by molar-refractivity contribution is -0.146. The topological polar surface area (TPSA) is 39.4 Å². The van der Waals surface area contributed by atoms with E-state index < -0.39 is 5.41 Å². The van der Waals surface area contributed by atoms with Gasteiger partial charge in [-0.25, -0.2) is 0 Å². The van der Waals surface area contributed by atoms with Gasteiger partial charge in [-0.3, -0.25) is 4.79 Å². The normalized spacial score (nSPS) is 11.4. The van der Waals surface area contributed by atoms with E-state index in [0.717, 1.165) is 0 Å². The highest BCUT2D eigenvalue weighted by Crippen LogP contribution is 2.28. The van der Waals surface area contributed by atoms with Crippen LogP contribution in [0.2, 0.25) is 5.22 Å². The molecule has 0 unspecified atom stereocenters. The third-order valence-corrected chi connectivity index (χ3v) is 2.09. The summed E-state index contributed by atoms with van der Waals surface area (Å²) in [6.07, 6.45) is 0. The van der Waals surface area contributed by atoms with Gasteiger partial charge in [0.2, 0.25) is 0 Å². The molecule has 0 atom stereocenters. The first-order chi connectivity index (χ1) is 5.98. The molecule has 1 aromatic rings. The van der Waals surface area contributed by atoms with E-state index in [-0.39, 0.29) is 11.2 Å². The van der Waals surface area contributed by atoms with Gasteiger partial charge >= 0.3 is 5.97 Å². The van der Waals surface area contributed by atoms with Crippen molar-refractivity contribution in [1.29, 1.82) is 0 Å². The average Bonchev–Trinajstić information content (AvgIpc) is 2.50. The number of rotatable bonds is 2. The van der Waals surface area contributed by atoms with Crippen LogP contribution in [0, 0.1) is 0 Å². The summed E-state index contributed by atoms with van der Waals surface area (Å²) in [4.78, 5) is 11.3. The Hall–Kier alpha value is -0.960. The van der Waals surface area contributed by atoms with Gasteiger partial charge in [0.25, 0.3) is 0 Å². The molecule has 0 N–H and O–H groups in total. The van der Waals surface area contributed by atoms with Gasteiger partial charge in [-0.15, -0.1) is 0 Å². The Morgan fingerprint density at radius 1 is 1.54 bits per heavy atom. The summed E-state index contributed by atoms with van der Waals surface area (Å²) in [5, 5.41) is 0.270. The fourth-order valence-electron chi connectivity index (χ4n) is 1.01. The average molecular weight is 203 g/mol. The monoisotopic (exact) mass is 202 g/mol. The molecule has 0 aliphatic carbocycles. The summed E-state index contributed by atoms with van der Waals surface area (Å²) >= 11 is 5.60. The Labute approximate surface area is 81.6 Å². The van der Waals surface area contributed by atoms with Crippen LogP contribution >= 0.6 is 11.6 Å². The van der Waals surface area contributed by atoms with Gasteiger partial charge in [0.1, 0.15) is 11.2 Å². The lowest BCUT2D eigenvalue weighted by Gasteiger charge is -2.18. The Bertz CT molecular complexity index is 314. The van der Waals surface area contributed by atoms with Crippen molar-refractivity contribution in [2.75, 3.05) is 7.11 Å². The molecule has 0 aromatic carbocycles. The van der Waals surface area contributed by atoms with Gasteiger partial charge in [0.05, 0.1) is 7.11 Å². The molecule has 0 aliphatic heterocycles. The summed E-state index contributed by atoms with van der Waals surface area (Å²) in [6, 6.07) is 3.26. The third-order valence-electron chi connectivity index (χ3n) is 1.88. The minimum absolute atomic E-state index is 0.270. The second kappa shape index (κ2) is 3.42. The highest BCUT2D eigenvalue weighted by Gasteiger charge is 2.34. The molecular formula is C9H11ClO3. The Morgan fingerprint density at radius 3 is 2.54 bits per heavy atom. The van der Waals surface area contributed by atoms with Gasteiger partial charge in [-0.1, -0.05) is 0 Å². The minimum Gasteiger partial charge on any atom is -0.468 e. The van der Waals surface area contributed by atoms with Crippen molar-refractivity contribution >= 4 is 17.6 Å². The van der Waals surface area contributed by atoms with E-state index in [9.17, 15) is 4.79 Å². The maximum Gasteiger partial charge on any atom is 0.318 e. The summed E-state index contributed by atoms with van der Waals surface area (Å²) in [5.74, 6) is 0.155. The zero-order chi connectivity index (χ0) is 10.1. The van der Waals surface area contributed by atoms with Gasteiger partial charge in [-0.2, -0.15) is 0 Å². The first kappa shape index (κ1) is 10.1. The SMILES string of the molecule is COC(=O)C(C)(C)c1ccc(Cl)o1. The van der Waals surface area contributed by atoms with E-state index in [2.05, 4.69) is 4.74 Å². The van der Waals surface area contributed by atoms with E-state index in [1.165, 1.54) is 7.11 Å². The number of hydrogen-bond donors (Lipinski definition) is 0. The minimum atomic E-state index is -0.790. The van der Waals surface area contributed by atoms with Gasteiger partial charge in [0.15, 0.2) is 5.22 Å². The Morgan fingerprint density at radius 2 is 2.15 bits per heavy atom. The van der Waals surface area contributed by atoms with Crippen molar-refractivity contribution < 1.29 is 13.9 Å². The summed E-state index contributed by atoms with van der Waals surface area (Å²) in [7, 11) is 1.34.